The number of halogens is 1. The first-order valence-electron chi connectivity index (χ1n) is 5.86. The molecule has 2 N–H and O–H groups in total. The maximum absolute atomic E-state index is 10.9. The van der Waals surface area contributed by atoms with Crippen LogP contribution in [-0.4, -0.2) is 22.0 Å². The van der Waals surface area contributed by atoms with Crippen molar-refractivity contribution in [3.8, 4) is 0 Å². The zero-order valence-electron chi connectivity index (χ0n) is 10.4. The Morgan fingerprint density at radius 3 is 2.79 bits per heavy atom. The van der Waals surface area contributed by atoms with Crippen molar-refractivity contribution in [2.24, 2.45) is 0 Å². The molecule has 0 bridgehead atoms. The van der Waals surface area contributed by atoms with Gasteiger partial charge in [-0.1, -0.05) is 29.3 Å². The fraction of sp³-hybridized carbons (Fsp3) is 0.417. The van der Waals surface area contributed by atoms with Gasteiger partial charge in [0.25, 0.3) is 5.69 Å². The fourth-order valence-electron chi connectivity index (χ4n) is 1.79. The lowest BCUT2D eigenvalue weighted by Crippen LogP contribution is -2.23. The average Bonchev–Trinajstić information content (AvgIpc) is 2.27. The minimum Gasteiger partial charge on any atom is -0.481 e. The molecule has 0 aromatic heterocycles. The Balaban J connectivity index is 2.96. The van der Waals surface area contributed by atoms with Crippen molar-refractivity contribution < 1.29 is 14.8 Å². The third-order valence-corrected chi connectivity index (χ3v) is 3.07. The summed E-state index contributed by atoms with van der Waals surface area (Å²) in [5, 5.41) is 22.7. The second-order valence-corrected chi connectivity index (χ2v) is 5.06. The highest BCUT2D eigenvalue weighted by Crippen LogP contribution is 2.29. The van der Waals surface area contributed by atoms with Gasteiger partial charge >= 0.3 is 5.97 Å². The molecule has 0 spiro atoms. The summed E-state index contributed by atoms with van der Waals surface area (Å²) in [5.41, 5.74) is 0.272. The highest BCUT2D eigenvalue weighted by Gasteiger charge is 2.18. The van der Waals surface area contributed by atoms with E-state index in [1.807, 2.05) is 6.92 Å². The second-order valence-electron chi connectivity index (χ2n) is 4.15. The fourth-order valence-corrected chi connectivity index (χ4v) is 2.15. The van der Waals surface area contributed by atoms with E-state index in [0.29, 0.717) is 16.6 Å². The zero-order valence-corrected chi connectivity index (χ0v) is 12.0. The van der Waals surface area contributed by atoms with E-state index in [-0.39, 0.29) is 18.2 Å². The minimum absolute atomic E-state index is 0.0605. The maximum Gasteiger partial charge on any atom is 0.305 e. The number of nitrogens with one attached hydrogen (secondary N) is 1. The molecule has 104 valence electrons. The molecular weight excluding hydrogens is 316 g/mol. The lowest BCUT2D eigenvalue weighted by atomic mass is 10.1. The van der Waals surface area contributed by atoms with Gasteiger partial charge < -0.3 is 10.4 Å². The van der Waals surface area contributed by atoms with Crippen LogP contribution in [0.3, 0.4) is 0 Å². The van der Waals surface area contributed by atoms with Crippen LogP contribution in [0.2, 0.25) is 0 Å². The van der Waals surface area contributed by atoms with Gasteiger partial charge in [-0.2, -0.15) is 0 Å². The molecule has 0 aliphatic carbocycles. The maximum atomic E-state index is 10.9. The zero-order chi connectivity index (χ0) is 14.4. The Morgan fingerprint density at radius 2 is 2.26 bits per heavy atom. The van der Waals surface area contributed by atoms with Gasteiger partial charge in [-0.05, 0) is 18.6 Å². The quantitative estimate of drug-likeness (QED) is 0.590. The molecule has 0 aliphatic rings. The van der Waals surface area contributed by atoms with Gasteiger partial charge in [0.2, 0.25) is 0 Å². The SMILES string of the molecule is CCCC(CC(=O)O)Nc1cc(Br)ccc1[N+](=O)[O-]. The number of carboxylic acids is 1. The third kappa shape index (κ3) is 4.86. The number of nitro groups is 1. The number of hydrogen-bond donors (Lipinski definition) is 2. The molecular formula is C12H15BrN2O4. The minimum atomic E-state index is -0.927. The van der Waals surface area contributed by atoms with Crippen LogP contribution in [-0.2, 0) is 4.79 Å². The summed E-state index contributed by atoms with van der Waals surface area (Å²) in [6, 6.07) is 4.23. The van der Waals surface area contributed by atoms with Gasteiger partial charge in [-0.15, -0.1) is 0 Å². The summed E-state index contributed by atoms with van der Waals surface area (Å²) in [5.74, 6) is -0.927. The predicted octanol–water partition coefficient (Wildman–Crippen LogP) is 3.41. The van der Waals surface area contributed by atoms with Gasteiger partial charge in [-0.3, -0.25) is 14.9 Å². The summed E-state index contributed by atoms with van der Waals surface area (Å²) < 4.78 is 0.700. The van der Waals surface area contributed by atoms with Crippen molar-refractivity contribution in [2.75, 3.05) is 5.32 Å². The lowest BCUT2D eigenvalue weighted by molar-refractivity contribution is -0.384. The van der Waals surface area contributed by atoms with E-state index in [0.717, 1.165) is 6.42 Å². The molecule has 0 heterocycles. The molecule has 0 amide bonds. The van der Waals surface area contributed by atoms with Crippen molar-refractivity contribution >= 4 is 33.3 Å². The van der Waals surface area contributed by atoms with E-state index in [1.54, 1.807) is 12.1 Å². The highest BCUT2D eigenvalue weighted by molar-refractivity contribution is 9.10. The molecule has 1 rings (SSSR count). The first-order chi connectivity index (χ1) is 8.93. The van der Waals surface area contributed by atoms with E-state index in [4.69, 9.17) is 5.11 Å². The smallest absolute Gasteiger partial charge is 0.305 e. The summed E-state index contributed by atoms with van der Waals surface area (Å²) in [6.07, 6.45) is 1.36. The molecule has 0 fully saturated rings. The van der Waals surface area contributed by atoms with Gasteiger partial charge in [0.05, 0.1) is 11.3 Å². The molecule has 0 saturated heterocycles. The van der Waals surface area contributed by atoms with Gasteiger partial charge in [0.1, 0.15) is 5.69 Å². The molecule has 1 aromatic carbocycles. The molecule has 1 aromatic rings. The Labute approximate surface area is 119 Å². The summed E-state index contributed by atoms with van der Waals surface area (Å²) in [4.78, 5) is 21.2. The molecule has 1 unspecified atom stereocenters. The monoisotopic (exact) mass is 330 g/mol. The van der Waals surface area contributed by atoms with Crippen molar-refractivity contribution in [2.45, 2.75) is 32.2 Å². The Bertz CT molecular complexity index is 479. The number of rotatable bonds is 7. The first kappa shape index (κ1) is 15.4. The van der Waals surface area contributed by atoms with E-state index in [2.05, 4.69) is 21.2 Å². The standard InChI is InChI=1S/C12H15BrN2O4/c1-2-3-9(7-12(16)17)14-10-6-8(13)4-5-11(10)15(18)19/h4-6,9,14H,2-3,7H2,1H3,(H,16,17). The van der Waals surface area contributed by atoms with E-state index >= 15 is 0 Å². The van der Waals surface area contributed by atoms with Crippen LogP contribution in [0.25, 0.3) is 0 Å². The molecule has 6 nitrogen and oxygen atoms in total. The lowest BCUT2D eigenvalue weighted by Gasteiger charge is -2.17. The van der Waals surface area contributed by atoms with Crippen molar-refractivity contribution in [1.29, 1.82) is 0 Å². The van der Waals surface area contributed by atoms with E-state index in [1.165, 1.54) is 6.07 Å². The van der Waals surface area contributed by atoms with E-state index in [9.17, 15) is 14.9 Å². The van der Waals surface area contributed by atoms with Gasteiger partial charge in [-0.25, -0.2) is 0 Å². The average molecular weight is 331 g/mol. The third-order valence-electron chi connectivity index (χ3n) is 2.57. The topological polar surface area (TPSA) is 92.5 Å². The number of aliphatic carboxylic acids is 1. The van der Waals surface area contributed by atoms with Crippen molar-refractivity contribution in [3.05, 3.63) is 32.8 Å². The normalized spacial score (nSPS) is 11.9. The number of carboxylic acid groups (broad SMARTS) is 1. The van der Waals surface area contributed by atoms with Crippen molar-refractivity contribution in [1.82, 2.24) is 0 Å². The predicted molar refractivity (Wildman–Crippen MR) is 75.4 cm³/mol. The summed E-state index contributed by atoms with van der Waals surface area (Å²) >= 11 is 3.25. The number of nitrogens with zero attached hydrogens (tertiary/aromatic N) is 1. The first-order valence-corrected chi connectivity index (χ1v) is 6.65. The van der Waals surface area contributed by atoms with Crippen LogP contribution < -0.4 is 5.32 Å². The van der Waals surface area contributed by atoms with Crippen LogP contribution >= 0.6 is 15.9 Å². The molecule has 0 radical (unpaired) electrons. The number of anilines is 1. The summed E-state index contributed by atoms with van der Waals surface area (Å²) in [7, 11) is 0. The number of carbonyl (C=O) groups is 1. The highest BCUT2D eigenvalue weighted by atomic mass is 79.9. The van der Waals surface area contributed by atoms with E-state index < -0.39 is 10.9 Å². The van der Waals surface area contributed by atoms with Crippen LogP contribution in [0.15, 0.2) is 22.7 Å². The molecule has 7 heteroatoms. The number of benzene rings is 1. The number of hydrogen-bond acceptors (Lipinski definition) is 4. The van der Waals surface area contributed by atoms with Gasteiger partial charge in [0, 0.05) is 16.6 Å². The van der Waals surface area contributed by atoms with Crippen LogP contribution in [0.1, 0.15) is 26.2 Å². The Hall–Kier alpha value is -1.63. The summed E-state index contributed by atoms with van der Waals surface area (Å²) in [6.45, 7) is 1.94. The van der Waals surface area contributed by atoms with Crippen LogP contribution in [0, 0.1) is 10.1 Å². The van der Waals surface area contributed by atoms with Crippen LogP contribution in [0.5, 0.6) is 0 Å². The van der Waals surface area contributed by atoms with Crippen LogP contribution in [0.4, 0.5) is 11.4 Å². The molecule has 0 saturated carbocycles. The van der Waals surface area contributed by atoms with Gasteiger partial charge in [0.15, 0.2) is 0 Å². The Morgan fingerprint density at radius 1 is 1.58 bits per heavy atom. The molecule has 19 heavy (non-hydrogen) atoms. The second kappa shape index (κ2) is 7.08. The molecule has 1 atom stereocenters. The Kier molecular flexibility index (Phi) is 5.75. The number of nitro benzene ring substituents is 1. The largest absolute Gasteiger partial charge is 0.481 e. The van der Waals surface area contributed by atoms with Crippen molar-refractivity contribution in [3.63, 3.8) is 0 Å². The molecule has 0 aliphatic heterocycles.